The first-order valence-corrected chi connectivity index (χ1v) is 6.92. The van der Waals surface area contributed by atoms with Gasteiger partial charge < -0.3 is 9.64 Å². The second kappa shape index (κ2) is 6.31. The fourth-order valence-electron chi connectivity index (χ4n) is 1.87. The van der Waals surface area contributed by atoms with Crippen LogP contribution in [0.25, 0.3) is 0 Å². The summed E-state index contributed by atoms with van der Waals surface area (Å²) in [6, 6.07) is 4.14. The normalized spacial score (nSPS) is 10.2. The van der Waals surface area contributed by atoms with Gasteiger partial charge in [-0.3, -0.25) is 10.1 Å². The van der Waals surface area contributed by atoms with Crippen molar-refractivity contribution in [2.75, 3.05) is 19.1 Å². The number of aromatic nitrogens is 1. The van der Waals surface area contributed by atoms with Gasteiger partial charge in [-0.25, -0.2) is 9.78 Å². The predicted octanol–water partition coefficient (Wildman–Crippen LogP) is 2.47. The molecule has 1 aromatic carbocycles. The Bertz CT molecular complexity index is 657. The van der Waals surface area contributed by atoms with E-state index in [1.165, 1.54) is 36.6 Å². The Hall–Kier alpha value is -2.48. The summed E-state index contributed by atoms with van der Waals surface area (Å²) in [7, 11) is 2.98. The van der Waals surface area contributed by atoms with Crippen molar-refractivity contribution in [2.24, 2.45) is 0 Å². The number of hydrogen-bond donors (Lipinski definition) is 0. The van der Waals surface area contributed by atoms with E-state index in [4.69, 9.17) is 0 Å². The molecule has 0 unspecified atom stereocenters. The van der Waals surface area contributed by atoms with Crippen LogP contribution in [0.15, 0.2) is 29.1 Å². The van der Waals surface area contributed by atoms with Gasteiger partial charge in [0.15, 0.2) is 0 Å². The Labute approximate surface area is 124 Å². The van der Waals surface area contributed by atoms with Crippen LogP contribution in [0.1, 0.15) is 16.1 Å². The number of esters is 1. The zero-order valence-electron chi connectivity index (χ0n) is 11.5. The maximum Gasteiger partial charge on any atom is 0.337 e. The number of nitro benzene ring substituents is 1. The third-order valence-electron chi connectivity index (χ3n) is 2.89. The summed E-state index contributed by atoms with van der Waals surface area (Å²) in [6.45, 7) is 0.412. The summed E-state index contributed by atoms with van der Waals surface area (Å²) < 4.78 is 4.64. The van der Waals surface area contributed by atoms with E-state index >= 15 is 0 Å². The average Bonchev–Trinajstić information content (AvgIpc) is 2.98. The van der Waals surface area contributed by atoms with Gasteiger partial charge in [-0.2, -0.15) is 0 Å². The second-order valence-corrected chi connectivity index (χ2v) is 5.01. The van der Waals surface area contributed by atoms with Crippen LogP contribution in [-0.2, 0) is 11.3 Å². The number of carbonyl (C=O) groups is 1. The lowest BCUT2D eigenvalue weighted by Crippen LogP contribution is -2.18. The highest BCUT2D eigenvalue weighted by Gasteiger charge is 2.20. The van der Waals surface area contributed by atoms with Crippen molar-refractivity contribution in [1.29, 1.82) is 0 Å². The molecule has 0 aliphatic carbocycles. The van der Waals surface area contributed by atoms with Crippen molar-refractivity contribution in [3.63, 3.8) is 0 Å². The molecule has 0 atom stereocenters. The number of hydrogen-bond acceptors (Lipinski definition) is 7. The van der Waals surface area contributed by atoms with Crippen LogP contribution < -0.4 is 4.90 Å². The molecule has 2 aromatic rings. The minimum absolute atomic E-state index is 0.0691. The van der Waals surface area contributed by atoms with Gasteiger partial charge in [0.1, 0.15) is 5.69 Å². The summed E-state index contributed by atoms with van der Waals surface area (Å²) in [4.78, 5) is 28.0. The van der Waals surface area contributed by atoms with Crippen molar-refractivity contribution >= 4 is 28.7 Å². The molecule has 0 radical (unpaired) electrons. The molecule has 1 heterocycles. The highest BCUT2D eigenvalue weighted by atomic mass is 32.1. The number of anilines is 1. The average molecular weight is 307 g/mol. The third-order valence-corrected chi connectivity index (χ3v) is 3.52. The molecular formula is C13H13N3O4S. The summed E-state index contributed by atoms with van der Waals surface area (Å²) in [5.41, 5.74) is 3.04. The number of nitrogens with zero attached hydrogens (tertiary/aromatic N) is 3. The Morgan fingerprint density at radius 3 is 2.86 bits per heavy atom. The monoisotopic (exact) mass is 307 g/mol. The molecular weight excluding hydrogens is 294 g/mol. The van der Waals surface area contributed by atoms with Crippen molar-refractivity contribution in [2.45, 2.75) is 6.54 Å². The number of benzene rings is 1. The van der Waals surface area contributed by atoms with E-state index in [2.05, 4.69) is 9.72 Å². The van der Waals surface area contributed by atoms with Crippen molar-refractivity contribution in [3.05, 3.63) is 50.5 Å². The molecule has 0 saturated heterocycles. The lowest BCUT2D eigenvalue weighted by atomic mass is 10.1. The number of methoxy groups -OCH3 is 1. The van der Waals surface area contributed by atoms with Gasteiger partial charge in [0.05, 0.1) is 35.3 Å². The van der Waals surface area contributed by atoms with Crippen LogP contribution in [0, 0.1) is 10.1 Å². The first-order chi connectivity index (χ1) is 10.0. The number of ether oxygens (including phenoxy) is 1. The van der Waals surface area contributed by atoms with Gasteiger partial charge in [0.2, 0.25) is 0 Å². The number of nitro groups is 1. The number of thiazole rings is 1. The first-order valence-electron chi connectivity index (χ1n) is 5.98. The SMILES string of the molecule is COC(=O)c1ccc([N+](=O)[O-])c(N(C)Cc2cscn2)c1. The highest BCUT2D eigenvalue weighted by molar-refractivity contribution is 7.07. The largest absolute Gasteiger partial charge is 0.465 e. The Morgan fingerprint density at radius 2 is 2.29 bits per heavy atom. The second-order valence-electron chi connectivity index (χ2n) is 4.29. The quantitative estimate of drug-likeness (QED) is 0.479. The molecule has 0 bridgehead atoms. The van der Waals surface area contributed by atoms with Crippen molar-refractivity contribution < 1.29 is 14.5 Å². The molecule has 0 spiro atoms. The molecule has 7 nitrogen and oxygen atoms in total. The van der Waals surface area contributed by atoms with Gasteiger partial charge in [-0.1, -0.05) is 0 Å². The zero-order chi connectivity index (χ0) is 15.4. The van der Waals surface area contributed by atoms with Gasteiger partial charge in [0.25, 0.3) is 5.69 Å². The van der Waals surface area contributed by atoms with Crippen molar-refractivity contribution in [3.8, 4) is 0 Å². The van der Waals surface area contributed by atoms with E-state index < -0.39 is 10.9 Å². The van der Waals surface area contributed by atoms with Crippen LogP contribution >= 0.6 is 11.3 Å². The van der Waals surface area contributed by atoms with Gasteiger partial charge in [-0.15, -0.1) is 11.3 Å². The Morgan fingerprint density at radius 1 is 1.52 bits per heavy atom. The molecule has 0 saturated carbocycles. The molecule has 0 N–H and O–H groups in total. The predicted molar refractivity (Wildman–Crippen MR) is 78.7 cm³/mol. The van der Waals surface area contributed by atoms with Gasteiger partial charge >= 0.3 is 5.97 Å². The molecule has 110 valence electrons. The fourth-order valence-corrected chi connectivity index (χ4v) is 2.42. The molecule has 1 aromatic heterocycles. The van der Waals surface area contributed by atoms with E-state index in [9.17, 15) is 14.9 Å². The molecule has 8 heteroatoms. The molecule has 2 rings (SSSR count). The Balaban J connectivity index is 2.37. The first kappa shape index (κ1) is 14.9. The molecule has 0 aliphatic heterocycles. The molecule has 0 fully saturated rings. The Kier molecular flexibility index (Phi) is 4.49. The van der Waals surface area contributed by atoms with Crippen LogP contribution in [0.2, 0.25) is 0 Å². The van der Waals surface area contributed by atoms with Gasteiger partial charge in [0, 0.05) is 18.5 Å². The van der Waals surface area contributed by atoms with Crippen LogP contribution in [-0.4, -0.2) is 30.0 Å². The fraction of sp³-hybridized carbons (Fsp3) is 0.231. The summed E-state index contributed by atoms with van der Waals surface area (Å²) in [6.07, 6.45) is 0. The zero-order valence-corrected chi connectivity index (χ0v) is 12.3. The van der Waals surface area contributed by atoms with E-state index in [0.29, 0.717) is 12.2 Å². The molecule has 0 amide bonds. The highest BCUT2D eigenvalue weighted by Crippen LogP contribution is 2.29. The topological polar surface area (TPSA) is 85.6 Å². The minimum atomic E-state index is -0.534. The van der Waals surface area contributed by atoms with E-state index in [1.807, 2.05) is 5.38 Å². The summed E-state index contributed by atoms with van der Waals surface area (Å²) in [5, 5.41) is 13.0. The van der Waals surface area contributed by atoms with Crippen molar-refractivity contribution in [1.82, 2.24) is 4.98 Å². The van der Waals surface area contributed by atoms with Gasteiger partial charge in [-0.05, 0) is 12.1 Å². The van der Waals surface area contributed by atoms with Crippen LogP contribution in [0.3, 0.4) is 0 Å². The molecule has 0 aliphatic rings. The lowest BCUT2D eigenvalue weighted by Gasteiger charge is -2.18. The summed E-state index contributed by atoms with van der Waals surface area (Å²) in [5.74, 6) is -0.534. The number of rotatable bonds is 5. The minimum Gasteiger partial charge on any atom is -0.465 e. The maximum absolute atomic E-state index is 11.6. The maximum atomic E-state index is 11.6. The van der Waals surface area contributed by atoms with E-state index in [0.717, 1.165) is 5.69 Å². The standard InChI is InChI=1S/C13H13N3O4S/c1-15(6-10-7-21-8-14-10)12-5-9(13(17)20-2)3-4-11(12)16(18)19/h3-5,7-8H,6H2,1-2H3. The third kappa shape index (κ3) is 3.34. The van der Waals surface area contributed by atoms with Crippen LogP contribution in [0.5, 0.6) is 0 Å². The molecule has 21 heavy (non-hydrogen) atoms. The van der Waals surface area contributed by atoms with Crippen LogP contribution in [0.4, 0.5) is 11.4 Å². The van der Waals surface area contributed by atoms with E-state index in [-0.39, 0.29) is 11.3 Å². The summed E-state index contributed by atoms with van der Waals surface area (Å²) >= 11 is 1.45. The van der Waals surface area contributed by atoms with E-state index in [1.54, 1.807) is 17.5 Å². The lowest BCUT2D eigenvalue weighted by molar-refractivity contribution is -0.384. The number of carbonyl (C=O) groups excluding carboxylic acids is 1. The smallest absolute Gasteiger partial charge is 0.337 e.